The van der Waals surface area contributed by atoms with Gasteiger partial charge in [0.2, 0.25) is 5.91 Å². The number of nitrogens with zero attached hydrogens (tertiary/aromatic N) is 2. The Bertz CT molecular complexity index is 991. The fraction of sp³-hybridized carbons (Fsp3) is 0.217. The van der Waals surface area contributed by atoms with Gasteiger partial charge in [-0.1, -0.05) is 23.8 Å². The number of ether oxygens (including phenoxy) is 2. The van der Waals surface area contributed by atoms with Crippen LogP contribution in [0.2, 0.25) is 0 Å². The van der Waals surface area contributed by atoms with Gasteiger partial charge in [-0.3, -0.25) is 9.48 Å². The Morgan fingerprint density at radius 1 is 1.17 bits per heavy atom. The molecule has 0 fully saturated rings. The second-order valence-corrected chi connectivity index (χ2v) is 6.67. The fourth-order valence-corrected chi connectivity index (χ4v) is 2.79. The third kappa shape index (κ3) is 5.72. The van der Waals surface area contributed by atoms with Crippen LogP contribution in [-0.4, -0.2) is 22.8 Å². The minimum atomic E-state index is -0.167. The van der Waals surface area contributed by atoms with Gasteiger partial charge in [0.1, 0.15) is 18.1 Å². The van der Waals surface area contributed by atoms with E-state index >= 15 is 0 Å². The Morgan fingerprint density at radius 2 is 1.97 bits per heavy atom. The Kier molecular flexibility index (Phi) is 6.68. The van der Waals surface area contributed by atoms with Gasteiger partial charge in [-0.15, -0.1) is 0 Å². The van der Waals surface area contributed by atoms with Crippen LogP contribution in [0.5, 0.6) is 11.5 Å². The summed E-state index contributed by atoms with van der Waals surface area (Å²) in [5.41, 5.74) is 3.92. The molecule has 6 nitrogen and oxygen atoms in total. The summed E-state index contributed by atoms with van der Waals surface area (Å²) >= 11 is 0. The molecule has 1 aromatic heterocycles. The van der Waals surface area contributed by atoms with Crippen molar-refractivity contribution in [3.63, 3.8) is 0 Å². The van der Waals surface area contributed by atoms with Crippen molar-refractivity contribution < 1.29 is 14.3 Å². The van der Waals surface area contributed by atoms with Crippen LogP contribution in [0.3, 0.4) is 0 Å². The zero-order valence-electron chi connectivity index (χ0n) is 16.9. The van der Waals surface area contributed by atoms with E-state index in [9.17, 15) is 4.79 Å². The van der Waals surface area contributed by atoms with Gasteiger partial charge in [0.05, 0.1) is 19.3 Å². The van der Waals surface area contributed by atoms with Crippen LogP contribution in [0.25, 0.3) is 6.08 Å². The molecule has 3 aromatic rings. The fourth-order valence-electron chi connectivity index (χ4n) is 2.79. The molecule has 0 saturated heterocycles. The number of nitrogens with one attached hydrogen (secondary N) is 1. The van der Waals surface area contributed by atoms with Gasteiger partial charge in [-0.25, -0.2) is 0 Å². The van der Waals surface area contributed by atoms with Crippen LogP contribution >= 0.6 is 0 Å². The largest absolute Gasteiger partial charge is 0.496 e. The predicted molar refractivity (Wildman–Crippen MR) is 113 cm³/mol. The Morgan fingerprint density at radius 3 is 2.66 bits per heavy atom. The quantitative estimate of drug-likeness (QED) is 0.596. The van der Waals surface area contributed by atoms with Gasteiger partial charge >= 0.3 is 0 Å². The van der Waals surface area contributed by atoms with E-state index in [-0.39, 0.29) is 5.91 Å². The maximum atomic E-state index is 12.1. The van der Waals surface area contributed by atoms with Gasteiger partial charge in [0.15, 0.2) is 0 Å². The van der Waals surface area contributed by atoms with Crippen molar-refractivity contribution in [3.05, 3.63) is 83.2 Å². The molecule has 0 aliphatic rings. The molecule has 0 aliphatic heterocycles. The summed E-state index contributed by atoms with van der Waals surface area (Å²) in [4.78, 5) is 12.1. The van der Waals surface area contributed by atoms with Crippen molar-refractivity contribution in [1.82, 2.24) is 15.1 Å². The minimum absolute atomic E-state index is 0.167. The Labute approximate surface area is 170 Å². The van der Waals surface area contributed by atoms with E-state index in [1.807, 2.05) is 62.5 Å². The number of rotatable bonds is 8. The highest BCUT2D eigenvalue weighted by molar-refractivity contribution is 5.91. The lowest BCUT2D eigenvalue weighted by Gasteiger charge is -2.11. The number of carbonyl (C=O) groups is 1. The molecule has 3 rings (SSSR count). The number of carbonyl (C=O) groups excluding carboxylic acids is 1. The number of methoxy groups -OCH3 is 1. The molecule has 0 radical (unpaired) electrons. The molecular formula is C23H25N3O3. The number of aromatic nitrogens is 2. The van der Waals surface area contributed by atoms with E-state index in [4.69, 9.17) is 9.47 Å². The number of amides is 1. The Balaban J connectivity index is 1.62. The highest BCUT2D eigenvalue weighted by atomic mass is 16.5. The van der Waals surface area contributed by atoms with Crippen LogP contribution in [0.1, 0.15) is 22.4 Å². The number of hydrogen-bond donors (Lipinski definition) is 1. The molecule has 29 heavy (non-hydrogen) atoms. The molecule has 2 aromatic carbocycles. The van der Waals surface area contributed by atoms with E-state index in [0.29, 0.717) is 13.2 Å². The molecule has 1 N–H and O–H groups in total. The molecule has 1 heterocycles. The molecule has 0 bridgehead atoms. The van der Waals surface area contributed by atoms with Crippen LogP contribution in [0.15, 0.2) is 60.8 Å². The Hall–Kier alpha value is -3.54. The molecule has 6 heteroatoms. The highest BCUT2D eigenvalue weighted by Crippen LogP contribution is 2.23. The average Bonchev–Trinajstić information content (AvgIpc) is 3.15. The van der Waals surface area contributed by atoms with Crippen molar-refractivity contribution in [2.45, 2.75) is 20.1 Å². The summed E-state index contributed by atoms with van der Waals surface area (Å²) in [5.74, 6) is 1.38. The summed E-state index contributed by atoms with van der Waals surface area (Å²) in [5, 5.41) is 6.93. The lowest BCUT2D eigenvalue weighted by Crippen LogP contribution is -2.21. The third-order valence-electron chi connectivity index (χ3n) is 4.51. The first-order valence-corrected chi connectivity index (χ1v) is 9.34. The average molecular weight is 391 g/mol. The smallest absolute Gasteiger partial charge is 0.244 e. The van der Waals surface area contributed by atoms with Crippen molar-refractivity contribution >= 4 is 12.0 Å². The monoisotopic (exact) mass is 391 g/mol. The molecule has 0 saturated carbocycles. The summed E-state index contributed by atoms with van der Waals surface area (Å²) in [6, 6.07) is 15.5. The normalized spacial score (nSPS) is 10.9. The van der Waals surface area contributed by atoms with Crippen molar-refractivity contribution in [2.75, 3.05) is 7.11 Å². The van der Waals surface area contributed by atoms with Crippen LogP contribution < -0.4 is 14.8 Å². The molecule has 0 spiro atoms. The second-order valence-electron chi connectivity index (χ2n) is 6.67. The first kappa shape index (κ1) is 20.2. The first-order chi connectivity index (χ1) is 14.0. The molecule has 0 aliphatic carbocycles. The molecule has 150 valence electrons. The molecule has 1 amide bonds. The molecule has 0 unspecified atom stereocenters. The number of benzene rings is 2. The lowest BCUT2D eigenvalue weighted by molar-refractivity contribution is -0.116. The van der Waals surface area contributed by atoms with Gasteiger partial charge < -0.3 is 14.8 Å². The maximum absolute atomic E-state index is 12.1. The van der Waals surface area contributed by atoms with Crippen LogP contribution in [0.4, 0.5) is 0 Å². The minimum Gasteiger partial charge on any atom is -0.496 e. The summed E-state index contributed by atoms with van der Waals surface area (Å²) in [6.07, 6.45) is 4.99. The molecular weight excluding hydrogens is 366 g/mol. The first-order valence-electron chi connectivity index (χ1n) is 9.34. The highest BCUT2D eigenvalue weighted by Gasteiger charge is 2.06. The van der Waals surface area contributed by atoms with Crippen LogP contribution in [0, 0.1) is 6.92 Å². The zero-order valence-corrected chi connectivity index (χ0v) is 16.9. The van der Waals surface area contributed by atoms with Gasteiger partial charge in [-0.2, -0.15) is 5.10 Å². The summed E-state index contributed by atoms with van der Waals surface area (Å²) < 4.78 is 13.0. The van der Waals surface area contributed by atoms with Gasteiger partial charge in [0.25, 0.3) is 0 Å². The van der Waals surface area contributed by atoms with Crippen molar-refractivity contribution in [1.29, 1.82) is 0 Å². The lowest BCUT2D eigenvalue weighted by atomic mass is 10.1. The summed E-state index contributed by atoms with van der Waals surface area (Å²) in [6.45, 7) is 2.84. The number of hydrogen-bond acceptors (Lipinski definition) is 4. The molecule has 0 atom stereocenters. The standard InChI is InChI=1S/C23H25N3O3/c1-17-4-8-21(9-5-17)29-16-19-14-18(6-10-22(19)28-3)7-11-23(27)24-15-20-12-13-25-26(20)2/h4-14H,15-16H2,1-3H3,(H,24,27)/b11-7+. The zero-order chi connectivity index (χ0) is 20.6. The van der Waals surface area contributed by atoms with E-state index < -0.39 is 0 Å². The maximum Gasteiger partial charge on any atom is 0.244 e. The van der Waals surface area contributed by atoms with Gasteiger partial charge in [-0.05, 0) is 48.9 Å². The SMILES string of the molecule is COc1ccc(/C=C/C(=O)NCc2ccnn2C)cc1COc1ccc(C)cc1. The van der Waals surface area contributed by atoms with E-state index in [1.165, 1.54) is 11.6 Å². The van der Waals surface area contributed by atoms with Crippen molar-refractivity contribution in [2.24, 2.45) is 7.05 Å². The van der Waals surface area contributed by atoms with Crippen molar-refractivity contribution in [3.8, 4) is 11.5 Å². The third-order valence-corrected chi connectivity index (χ3v) is 4.51. The van der Waals surface area contributed by atoms with Gasteiger partial charge in [0, 0.05) is 24.9 Å². The van der Waals surface area contributed by atoms with E-state index in [0.717, 1.165) is 28.3 Å². The van der Waals surface area contributed by atoms with E-state index in [1.54, 1.807) is 24.1 Å². The summed E-state index contributed by atoms with van der Waals surface area (Å²) in [7, 11) is 3.47. The number of aryl methyl sites for hydroxylation is 2. The topological polar surface area (TPSA) is 65.4 Å². The second kappa shape index (κ2) is 9.59. The van der Waals surface area contributed by atoms with E-state index in [2.05, 4.69) is 10.4 Å². The van der Waals surface area contributed by atoms with Crippen LogP contribution in [-0.2, 0) is 25.0 Å². The predicted octanol–water partition coefficient (Wildman–Crippen LogP) is 3.65.